The fraction of sp³-hybridized carbons (Fsp3) is 0.316. The van der Waals surface area contributed by atoms with Crippen molar-refractivity contribution in [1.82, 2.24) is 5.32 Å². The molecule has 1 aliphatic heterocycles. The van der Waals surface area contributed by atoms with Crippen LogP contribution in [0.1, 0.15) is 47.8 Å². The van der Waals surface area contributed by atoms with Crippen molar-refractivity contribution in [2.45, 2.75) is 38.8 Å². The van der Waals surface area contributed by atoms with Crippen LogP contribution >= 0.6 is 0 Å². The van der Waals surface area contributed by atoms with E-state index in [0.29, 0.717) is 17.7 Å². The summed E-state index contributed by atoms with van der Waals surface area (Å²) >= 11 is 0. The zero-order chi connectivity index (χ0) is 16.6. The van der Waals surface area contributed by atoms with E-state index in [4.69, 9.17) is 10.5 Å². The highest BCUT2D eigenvalue weighted by molar-refractivity contribution is 5.95. The zero-order valence-corrected chi connectivity index (χ0v) is 13.7. The molecule has 3 N–H and O–H groups in total. The Bertz CT molecular complexity index is 753. The van der Waals surface area contributed by atoms with Gasteiger partial charge in [0.1, 0.15) is 11.4 Å². The molecule has 1 amide bonds. The Morgan fingerprint density at radius 1 is 1.26 bits per heavy atom. The number of anilines is 1. The van der Waals surface area contributed by atoms with Gasteiger partial charge in [0.25, 0.3) is 5.91 Å². The molecule has 0 spiro atoms. The first-order valence-corrected chi connectivity index (χ1v) is 7.81. The summed E-state index contributed by atoms with van der Waals surface area (Å²) in [7, 11) is 0. The summed E-state index contributed by atoms with van der Waals surface area (Å²) in [5, 5.41) is 3.14. The highest BCUT2D eigenvalue weighted by Gasteiger charge is 2.34. The van der Waals surface area contributed by atoms with Crippen LogP contribution in [-0.4, -0.2) is 11.5 Å². The molecule has 0 aromatic heterocycles. The van der Waals surface area contributed by atoms with Crippen LogP contribution in [0.2, 0.25) is 0 Å². The van der Waals surface area contributed by atoms with E-state index in [0.717, 1.165) is 16.9 Å². The van der Waals surface area contributed by atoms with E-state index < -0.39 is 0 Å². The van der Waals surface area contributed by atoms with Gasteiger partial charge in [0, 0.05) is 23.2 Å². The Labute approximate surface area is 136 Å². The first-order chi connectivity index (χ1) is 10.9. The number of aryl methyl sites for hydroxylation is 1. The molecule has 2 aromatic rings. The van der Waals surface area contributed by atoms with Gasteiger partial charge >= 0.3 is 0 Å². The SMILES string of the molecule is Cc1ccccc1C(=O)NC1CC(C)(C)Oc2ccc(N)cc21. The molecule has 120 valence electrons. The van der Waals surface area contributed by atoms with Gasteiger partial charge < -0.3 is 15.8 Å². The lowest BCUT2D eigenvalue weighted by Crippen LogP contribution is -2.41. The van der Waals surface area contributed by atoms with Crippen molar-refractivity contribution >= 4 is 11.6 Å². The highest BCUT2D eigenvalue weighted by atomic mass is 16.5. The second-order valence-electron chi connectivity index (χ2n) is 6.70. The summed E-state index contributed by atoms with van der Waals surface area (Å²) < 4.78 is 6.01. The zero-order valence-electron chi connectivity index (χ0n) is 13.7. The third-order valence-electron chi connectivity index (χ3n) is 4.19. The Morgan fingerprint density at radius 2 is 2.00 bits per heavy atom. The number of fused-ring (bicyclic) bond motifs is 1. The predicted octanol–water partition coefficient (Wildman–Crippen LogP) is 3.61. The van der Waals surface area contributed by atoms with E-state index in [1.165, 1.54) is 0 Å². The number of rotatable bonds is 2. The molecule has 1 heterocycles. The van der Waals surface area contributed by atoms with Crippen molar-refractivity contribution in [3.05, 3.63) is 59.2 Å². The molecule has 2 aromatic carbocycles. The van der Waals surface area contributed by atoms with Crippen molar-refractivity contribution in [2.24, 2.45) is 0 Å². The van der Waals surface area contributed by atoms with Crippen LogP contribution in [0.3, 0.4) is 0 Å². The van der Waals surface area contributed by atoms with Crippen LogP contribution in [0.25, 0.3) is 0 Å². The number of nitrogens with one attached hydrogen (secondary N) is 1. The van der Waals surface area contributed by atoms with Gasteiger partial charge in [-0.05, 0) is 50.6 Å². The molecule has 1 aliphatic rings. The summed E-state index contributed by atoms with van der Waals surface area (Å²) in [6.07, 6.45) is 0.696. The molecule has 0 bridgehead atoms. The van der Waals surface area contributed by atoms with Gasteiger partial charge in [-0.25, -0.2) is 0 Å². The molecule has 1 atom stereocenters. The first kappa shape index (κ1) is 15.4. The minimum atomic E-state index is -0.340. The number of carbonyl (C=O) groups is 1. The Kier molecular flexibility index (Phi) is 3.76. The third-order valence-corrected chi connectivity index (χ3v) is 4.19. The number of hydrogen-bond donors (Lipinski definition) is 2. The predicted molar refractivity (Wildman–Crippen MR) is 91.6 cm³/mol. The number of benzene rings is 2. The number of nitrogens with two attached hydrogens (primary N) is 1. The van der Waals surface area contributed by atoms with E-state index in [-0.39, 0.29) is 17.6 Å². The maximum Gasteiger partial charge on any atom is 0.252 e. The average Bonchev–Trinajstić information content (AvgIpc) is 2.47. The smallest absolute Gasteiger partial charge is 0.252 e. The lowest BCUT2D eigenvalue weighted by atomic mass is 9.89. The van der Waals surface area contributed by atoms with E-state index in [1.54, 1.807) is 0 Å². The molecule has 0 radical (unpaired) electrons. The lowest BCUT2D eigenvalue weighted by Gasteiger charge is -2.38. The van der Waals surface area contributed by atoms with Crippen molar-refractivity contribution in [3.8, 4) is 5.75 Å². The number of hydrogen-bond acceptors (Lipinski definition) is 3. The molecule has 4 nitrogen and oxygen atoms in total. The normalized spacial score (nSPS) is 18.7. The van der Waals surface area contributed by atoms with Gasteiger partial charge in [0.05, 0.1) is 6.04 Å². The van der Waals surface area contributed by atoms with Gasteiger partial charge in [-0.15, -0.1) is 0 Å². The largest absolute Gasteiger partial charge is 0.487 e. The van der Waals surface area contributed by atoms with Gasteiger partial charge in [-0.3, -0.25) is 4.79 Å². The van der Waals surface area contributed by atoms with Crippen molar-refractivity contribution in [1.29, 1.82) is 0 Å². The molecular weight excluding hydrogens is 288 g/mol. The fourth-order valence-electron chi connectivity index (χ4n) is 3.07. The van der Waals surface area contributed by atoms with Crippen LogP contribution in [0.4, 0.5) is 5.69 Å². The molecule has 0 fully saturated rings. The van der Waals surface area contributed by atoms with E-state index >= 15 is 0 Å². The third kappa shape index (κ3) is 3.16. The highest BCUT2D eigenvalue weighted by Crippen LogP contribution is 2.40. The summed E-state index contributed by atoms with van der Waals surface area (Å²) in [4.78, 5) is 12.7. The molecule has 0 saturated carbocycles. The van der Waals surface area contributed by atoms with Gasteiger partial charge in [-0.1, -0.05) is 18.2 Å². The topological polar surface area (TPSA) is 64.3 Å². The lowest BCUT2D eigenvalue weighted by molar-refractivity contribution is 0.0620. The van der Waals surface area contributed by atoms with Crippen molar-refractivity contribution in [3.63, 3.8) is 0 Å². The van der Waals surface area contributed by atoms with Crippen LogP contribution in [0, 0.1) is 6.92 Å². The Hall–Kier alpha value is -2.49. The Morgan fingerprint density at radius 3 is 2.74 bits per heavy atom. The molecule has 1 unspecified atom stereocenters. The van der Waals surface area contributed by atoms with E-state index in [9.17, 15) is 4.79 Å². The number of nitrogen functional groups attached to an aromatic ring is 1. The standard InChI is InChI=1S/C19H22N2O2/c1-12-6-4-5-7-14(12)18(22)21-16-11-19(2,3)23-17-9-8-13(20)10-15(16)17/h4-10,16H,11,20H2,1-3H3,(H,21,22). The molecular formula is C19H22N2O2. The summed E-state index contributed by atoms with van der Waals surface area (Å²) in [6, 6.07) is 13.0. The van der Waals surface area contributed by atoms with Crippen LogP contribution < -0.4 is 15.8 Å². The second kappa shape index (κ2) is 5.61. The maximum atomic E-state index is 12.7. The maximum absolute atomic E-state index is 12.7. The molecule has 23 heavy (non-hydrogen) atoms. The number of carbonyl (C=O) groups excluding carboxylic acids is 1. The average molecular weight is 310 g/mol. The summed E-state index contributed by atoms with van der Waals surface area (Å²) in [5.41, 5.74) is 8.83. The van der Waals surface area contributed by atoms with Crippen LogP contribution in [0.5, 0.6) is 5.75 Å². The summed E-state index contributed by atoms with van der Waals surface area (Å²) in [6.45, 7) is 5.99. The van der Waals surface area contributed by atoms with Crippen molar-refractivity contribution in [2.75, 3.05) is 5.73 Å². The monoisotopic (exact) mass is 310 g/mol. The fourth-order valence-corrected chi connectivity index (χ4v) is 3.07. The molecule has 0 saturated heterocycles. The molecule has 4 heteroatoms. The number of amides is 1. The van der Waals surface area contributed by atoms with E-state index in [2.05, 4.69) is 5.32 Å². The summed E-state index contributed by atoms with van der Waals surface area (Å²) in [5.74, 6) is 0.713. The van der Waals surface area contributed by atoms with E-state index in [1.807, 2.05) is 63.2 Å². The van der Waals surface area contributed by atoms with Gasteiger partial charge in [0.15, 0.2) is 0 Å². The minimum Gasteiger partial charge on any atom is -0.487 e. The van der Waals surface area contributed by atoms with Gasteiger partial charge in [-0.2, -0.15) is 0 Å². The number of ether oxygens (including phenoxy) is 1. The molecule has 3 rings (SSSR count). The van der Waals surface area contributed by atoms with Crippen molar-refractivity contribution < 1.29 is 9.53 Å². The van der Waals surface area contributed by atoms with Gasteiger partial charge in [0.2, 0.25) is 0 Å². The first-order valence-electron chi connectivity index (χ1n) is 7.81. The molecule has 0 aliphatic carbocycles. The quantitative estimate of drug-likeness (QED) is 0.833. The van der Waals surface area contributed by atoms with Crippen LogP contribution in [0.15, 0.2) is 42.5 Å². The van der Waals surface area contributed by atoms with Crippen LogP contribution in [-0.2, 0) is 0 Å². The minimum absolute atomic E-state index is 0.0702. The Balaban J connectivity index is 1.92. The second-order valence-corrected chi connectivity index (χ2v) is 6.70.